The molecule has 166 valence electrons. The summed E-state index contributed by atoms with van der Waals surface area (Å²) in [5, 5.41) is 28.1. The molecule has 0 aliphatic heterocycles. The fourth-order valence-electron chi connectivity index (χ4n) is 3.27. The van der Waals surface area contributed by atoms with E-state index in [1.165, 1.54) is 36.4 Å². The van der Waals surface area contributed by atoms with E-state index in [-0.39, 0.29) is 16.0 Å². The first-order valence-electron chi connectivity index (χ1n) is 9.54. The number of carboxylic acids is 2. The first-order chi connectivity index (χ1) is 15.6. The fraction of sp³-hybridized carbons (Fsp3) is 0. The van der Waals surface area contributed by atoms with Gasteiger partial charge in [-0.2, -0.15) is 5.10 Å². The summed E-state index contributed by atoms with van der Waals surface area (Å²) in [6.07, 6.45) is 0. The summed E-state index contributed by atoms with van der Waals surface area (Å²) >= 11 is 0. The van der Waals surface area contributed by atoms with E-state index in [9.17, 15) is 18.0 Å². The van der Waals surface area contributed by atoms with Crippen molar-refractivity contribution in [3.05, 3.63) is 90.0 Å². The Balaban J connectivity index is 1.84. The molecule has 0 aliphatic carbocycles. The molecule has 0 aliphatic rings. The zero-order valence-corrected chi connectivity index (χ0v) is 17.7. The zero-order valence-electron chi connectivity index (χ0n) is 16.9. The van der Waals surface area contributed by atoms with Crippen LogP contribution in [0.3, 0.4) is 0 Å². The maximum atomic E-state index is 11.6. The minimum Gasteiger partial charge on any atom is -0.478 e. The number of nitrogens with two attached hydrogens (primary N) is 1. The first kappa shape index (κ1) is 21.9. The molecule has 0 bridgehead atoms. The Morgan fingerprint density at radius 1 is 0.758 bits per heavy atom. The lowest BCUT2D eigenvalue weighted by Gasteiger charge is -2.09. The van der Waals surface area contributed by atoms with Crippen molar-refractivity contribution >= 4 is 22.0 Å². The number of benzene rings is 3. The van der Waals surface area contributed by atoms with E-state index in [4.69, 9.17) is 15.4 Å². The van der Waals surface area contributed by atoms with E-state index >= 15 is 0 Å². The Bertz CT molecular complexity index is 1460. The van der Waals surface area contributed by atoms with E-state index in [0.717, 1.165) is 0 Å². The Morgan fingerprint density at radius 2 is 1.24 bits per heavy atom. The SMILES string of the molecule is NS(=O)(=O)c1ccc(-n2nc(-c3ccc(C(=O)O)cc3)cc2-c2ccc(C(=O)O)cc2)cc1. The van der Waals surface area contributed by atoms with Gasteiger partial charge in [0.15, 0.2) is 0 Å². The third-order valence-electron chi connectivity index (χ3n) is 4.97. The van der Waals surface area contributed by atoms with E-state index in [0.29, 0.717) is 28.2 Å². The Labute approximate surface area is 188 Å². The normalized spacial score (nSPS) is 11.3. The van der Waals surface area contributed by atoms with Gasteiger partial charge in [0.1, 0.15) is 0 Å². The number of sulfonamides is 1. The fourth-order valence-corrected chi connectivity index (χ4v) is 3.78. The van der Waals surface area contributed by atoms with Crippen molar-refractivity contribution in [1.29, 1.82) is 0 Å². The summed E-state index contributed by atoms with van der Waals surface area (Å²) in [4.78, 5) is 22.3. The van der Waals surface area contributed by atoms with E-state index in [1.54, 1.807) is 47.1 Å². The van der Waals surface area contributed by atoms with Gasteiger partial charge in [-0.15, -0.1) is 0 Å². The van der Waals surface area contributed by atoms with Crippen molar-refractivity contribution in [1.82, 2.24) is 9.78 Å². The summed E-state index contributed by atoms with van der Waals surface area (Å²) < 4.78 is 24.8. The highest BCUT2D eigenvalue weighted by Crippen LogP contribution is 2.29. The minimum atomic E-state index is -3.86. The van der Waals surface area contributed by atoms with Crippen LogP contribution < -0.4 is 5.14 Å². The second-order valence-electron chi connectivity index (χ2n) is 7.13. The molecule has 4 aromatic rings. The second-order valence-corrected chi connectivity index (χ2v) is 8.69. The van der Waals surface area contributed by atoms with Gasteiger partial charge >= 0.3 is 11.9 Å². The monoisotopic (exact) mass is 463 g/mol. The van der Waals surface area contributed by atoms with Gasteiger partial charge < -0.3 is 10.2 Å². The molecule has 0 amide bonds. The number of aromatic nitrogens is 2. The Hall–Kier alpha value is -4.28. The third-order valence-corrected chi connectivity index (χ3v) is 5.90. The quantitative estimate of drug-likeness (QED) is 0.397. The van der Waals surface area contributed by atoms with Gasteiger partial charge in [0, 0.05) is 11.1 Å². The number of nitrogens with zero attached hydrogens (tertiary/aromatic N) is 2. The molecule has 9 nitrogen and oxygen atoms in total. The second kappa shape index (κ2) is 8.34. The largest absolute Gasteiger partial charge is 0.478 e. The van der Waals surface area contributed by atoms with Crippen molar-refractivity contribution in [3.8, 4) is 28.2 Å². The zero-order chi connectivity index (χ0) is 23.8. The number of aromatic carboxylic acids is 2. The predicted molar refractivity (Wildman–Crippen MR) is 120 cm³/mol. The smallest absolute Gasteiger partial charge is 0.335 e. The number of hydrogen-bond donors (Lipinski definition) is 3. The lowest BCUT2D eigenvalue weighted by atomic mass is 10.1. The molecule has 0 saturated carbocycles. The molecule has 0 atom stereocenters. The minimum absolute atomic E-state index is 0.0461. The van der Waals surface area contributed by atoms with Crippen molar-refractivity contribution in [3.63, 3.8) is 0 Å². The van der Waals surface area contributed by atoms with Crippen molar-refractivity contribution in [2.24, 2.45) is 5.14 Å². The predicted octanol–water partition coefficient (Wildman–Crippen LogP) is 3.25. The molecular weight excluding hydrogens is 446 g/mol. The highest BCUT2D eigenvalue weighted by atomic mass is 32.2. The molecule has 4 N–H and O–H groups in total. The number of rotatable bonds is 6. The van der Waals surface area contributed by atoms with Crippen LogP contribution in [0.4, 0.5) is 0 Å². The van der Waals surface area contributed by atoms with E-state index in [1.807, 2.05) is 0 Å². The van der Waals surface area contributed by atoms with Crippen LogP contribution in [0.15, 0.2) is 83.8 Å². The maximum Gasteiger partial charge on any atom is 0.335 e. The first-order valence-corrected chi connectivity index (χ1v) is 11.1. The average Bonchev–Trinajstić information content (AvgIpc) is 3.24. The molecule has 0 fully saturated rings. The molecule has 0 spiro atoms. The molecule has 0 saturated heterocycles. The van der Waals surface area contributed by atoms with Crippen molar-refractivity contribution < 1.29 is 28.2 Å². The molecule has 1 aromatic heterocycles. The maximum absolute atomic E-state index is 11.6. The van der Waals surface area contributed by atoms with Crippen LogP contribution in [0.25, 0.3) is 28.2 Å². The summed E-state index contributed by atoms with van der Waals surface area (Å²) in [5.41, 5.74) is 3.33. The Kier molecular flexibility index (Phi) is 5.54. The summed E-state index contributed by atoms with van der Waals surface area (Å²) in [5.74, 6) is -2.09. The molecule has 0 unspecified atom stereocenters. The molecular formula is C23H17N3O6S. The lowest BCUT2D eigenvalue weighted by Crippen LogP contribution is -2.12. The van der Waals surface area contributed by atoms with Crippen LogP contribution in [0.5, 0.6) is 0 Å². The summed E-state index contributed by atoms with van der Waals surface area (Å²) in [7, 11) is -3.86. The number of carbonyl (C=O) groups is 2. The van der Waals surface area contributed by atoms with Crippen LogP contribution in [0.1, 0.15) is 20.7 Å². The lowest BCUT2D eigenvalue weighted by molar-refractivity contribution is 0.0686. The molecule has 10 heteroatoms. The number of primary sulfonamides is 1. The van der Waals surface area contributed by atoms with E-state index in [2.05, 4.69) is 5.10 Å². The van der Waals surface area contributed by atoms with Crippen molar-refractivity contribution in [2.75, 3.05) is 0 Å². The third kappa shape index (κ3) is 4.52. The van der Waals surface area contributed by atoms with Gasteiger partial charge in [-0.1, -0.05) is 24.3 Å². The topological polar surface area (TPSA) is 153 Å². The molecule has 4 rings (SSSR count). The highest BCUT2D eigenvalue weighted by molar-refractivity contribution is 7.89. The molecule has 3 aromatic carbocycles. The molecule has 33 heavy (non-hydrogen) atoms. The Morgan fingerprint density at radius 3 is 1.70 bits per heavy atom. The van der Waals surface area contributed by atoms with Gasteiger partial charge in [0.2, 0.25) is 10.0 Å². The van der Waals surface area contributed by atoms with Crippen LogP contribution in [0.2, 0.25) is 0 Å². The highest BCUT2D eigenvalue weighted by Gasteiger charge is 2.16. The average molecular weight is 463 g/mol. The van der Waals surface area contributed by atoms with Gasteiger partial charge in [-0.25, -0.2) is 27.8 Å². The molecule has 0 radical (unpaired) electrons. The standard InChI is InChI=1S/C23H17N3O6S/c24-33(31,32)19-11-9-18(10-12-19)26-21(15-3-7-17(8-4-15)23(29)30)13-20(25-26)14-1-5-16(6-2-14)22(27)28/h1-13H,(H,27,28)(H,29,30)(H2,24,31,32). The van der Waals surface area contributed by atoms with Gasteiger partial charge in [0.05, 0.1) is 33.1 Å². The van der Waals surface area contributed by atoms with E-state index < -0.39 is 22.0 Å². The van der Waals surface area contributed by atoms with Gasteiger partial charge in [0.25, 0.3) is 0 Å². The summed E-state index contributed by atoms with van der Waals surface area (Å²) in [6.45, 7) is 0. The van der Waals surface area contributed by atoms with Gasteiger partial charge in [-0.3, -0.25) is 0 Å². The van der Waals surface area contributed by atoms with Crippen molar-refractivity contribution in [2.45, 2.75) is 4.90 Å². The summed E-state index contributed by atoms with van der Waals surface area (Å²) in [6, 6.07) is 20.1. The number of hydrogen-bond acceptors (Lipinski definition) is 5. The van der Waals surface area contributed by atoms with Crippen LogP contribution >= 0.6 is 0 Å². The van der Waals surface area contributed by atoms with Crippen LogP contribution in [0, 0.1) is 0 Å². The van der Waals surface area contributed by atoms with Crippen LogP contribution in [-0.4, -0.2) is 40.3 Å². The number of carboxylic acid groups (broad SMARTS) is 2. The van der Waals surface area contributed by atoms with Gasteiger partial charge in [-0.05, 0) is 54.6 Å². The van der Waals surface area contributed by atoms with Crippen LogP contribution in [-0.2, 0) is 10.0 Å². The molecule has 1 heterocycles.